The quantitative estimate of drug-likeness (QED) is 0.443. The molecule has 1 aliphatic rings. The van der Waals surface area contributed by atoms with E-state index in [1.807, 2.05) is 0 Å². The summed E-state index contributed by atoms with van der Waals surface area (Å²) < 4.78 is 32.8. The van der Waals surface area contributed by atoms with Crippen LogP contribution in [-0.2, 0) is 38.1 Å². The Kier molecular flexibility index (Phi) is 8.82. The molecule has 32 heavy (non-hydrogen) atoms. The van der Waals surface area contributed by atoms with Gasteiger partial charge in [-0.15, -0.1) is 0 Å². The van der Waals surface area contributed by atoms with E-state index in [2.05, 4.69) is 5.32 Å². The van der Waals surface area contributed by atoms with E-state index in [1.165, 1.54) is 34.8 Å². The molecular weight excluding hydrogens is 426 g/mol. The normalized spacial score (nSPS) is 24.6. The van der Waals surface area contributed by atoms with Crippen LogP contribution in [0.1, 0.15) is 27.7 Å². The smallest absolute Gasteiger partial charge is 0.303 e. The lowest BCUT2D eigenvalue weighted by Gasteiger charge is -2.44. The molecule has 0 bridgehead atoms. The highest BCUT2D eigenvalue weighted by Gasteiger charge is 2.51. The van der Waals surface area contributed by atoms with Crippen molar-refractivity contribution in [2.45, 2.75) is 58.3 Å². The second kappa shape index (κ2) is 11.3. The van der Waals surface area contributed by atoms with Gasteiger partial charge < -0.3 is 33.7 Å². The molecule has 0 aliphatic carbocycles. The van der Waals surface area contributed by atoms with E-state index in [4.69, 9.17) is 28.4 Å². The Morgan fingerprint density at radius 3 is 2.12 bits per heavy atom. The number of amides is 1. The summed E-state index contributed by atoms with van der Waals surface area (Å²) in [6, 6.07) is 5.57. The highest BCUT2D eigenvalue weighted by Crippen LogP contribution is 2.30. The Labute approximate surface area is 185 Å². The Morgan fingerprint density at radius 1 is 0.938 bits per heavy atom. The summed E-state index contributed by atoms with van der Waals surface area (Å²) in [5, 5.41) is 2.63. The van der Waals surface area contributed by atoms with Crippen molar-refractivity contribution in [1.82, 2.24) is 5.32 Å². The average molecular weight is 453 g/mol. The van der Waals surface area contributed by atoms with Crippen LogP contribution < -0.4 is 14.8 Å². The molecule has 1 aromatic carbocycles. The maximum absolute atomic E-state index is 11.9. The highest BCUT2D eigenvalue weighted by molar-refractivity contribution is 5.73. The fraction of sp³-hybridized carbons (Fsp3) is 0.524. The molecule has 5 unspecified atom stereocenters. The Balaban J connectivity index is 2.45. The van der Waals surface area contributed by atoms with Crippen molar-refractivity contribution in [3.05, 3.63) is 24.3 Å². The number of carbonyl (C=O) groups is 4. The van der Waals surface area contributed by atoms with Gasteiger partial charge in [-0.25, -0.2) is 0 Å². The van der Waals surface area contributed by atoms with Crippen molar-refractivity contribution in [3.8, 4) is 11.5 Å². The predicted octanol–water partition coefficient (Wildman–Crippen LogP) is 0.730. The summed E-state index contributed by atoms with van der Waals surface area (Å²) in [5.41, 5.74) is 0. The molecule has 11 heteroatoms. The Bertz CT molecular complexity index is 842. The van der Waals surface area contributed by atoms with Crippen LogP contribution in [0, 0.1) is 0 Å². The van der Waals surface area contributed by atoms with Gasteiger partial charge in [-0.3, -0.25) is 19.2 Å². The van der Waals surface area contributed by atoms with Crippen molar-refractivity contribution in [1.29, 1.82) is 0 Å². The monoisotopic (exact) mass is 453 g/mol. The number of rotatable bonds is 8. The predicted molar refractivity (Wildman–Crippen MR) is 108 cm³/mol. The molecule has 0 saturated carbocycles. The minimum Gasteiger partial charge on any atom is -0.497 e. The number of methoxy groups -OCH3 is 1. The van der Waals surface area contributed by atoms with Gasteiger partial charge >= 0.3 is 17.9 Å². The molecule has 1 aromatic rings. The number of esters is 3. The molecule has 0 radical (unpaired) electrons. The second-order valence-corrected chi connectivity index (χ2v) is 7.02. The lowest BCUT2D eigenvalue weighted by molar-refractivity contribution is -0.257. The topological polar surface area (TPSA) is 136 Å². The van der Waals surface area contributed by atoms with Crippen LogP contribution in [0.3, 0.4) is 0 Å². The van der Waals surface area contributed by atoms with Crippen LogP contribution in [0.15, 0.2) is 24.3 Å². The minimum atomic E-state index is -1.19. The third kappa shape index (κ3) is 7.12. The molecule has 1 saturated heterocycles. The molecule has 0 spiro atoms. The van der Waals surface area contributed by atoms with E-state index in [0.717, 1.165) is 0 Å². The average Bonchev–Trinajstić information content (AvgIpc) is 2.70. The van der Waals surface area contributed by atoms with Crippen molar-refractivity contribution in [3.63, 3.8) is 0 Å². The molecule has 1 N–H and O–H groups in total. The zero-order valence-corrected chi connectivity index (χ0v) is 18.5. The number of ether oxygens (including phenoxy) is 6. The van der Waals surface area contributed by atoms with E-state index in [0.29, 0.717) is 11.5 Å². The van der Waals surface area contributed by atoms with Crippen molar-refractivity contribution in [2.24, 2.45) is 0 Å². The molecule has 5 atom stereocenters. The van der Waals surface area contributed by atoms with Gasteiger partial charge in [-0.05, 0) is 12.1 Å². The molecule has 1 aliphatic heterocycles. The van der Waals surface area contributed by atoms with Crippen LogP contribution in [0.2, 0.25) is 0 Å². The lowest BCUT2D eigenvalue weighted by Crippen LogP contribution is -2.67. The summed E-state index contributed by atoms with van der Waals surface area (Å²) in [7, 11) is 1.49. The first-order chi connectivity index (χ1) is 15.1. The van der Waals surface area contributed by atoms with E-state index in [-0.39, 0.29) is 6.61 Å². The first-order valence-electron chi connectivity index (χ1n) is 9.81. The van der Waals surface area contributed by atoms with Crippen molar-refractivity contribution in [2.75, 3.05) is 13.7 Å². The lowest BCUT2D eigenvalue weighted by atomic mass is 9.96. The minimum absolute atomic E-state index is 0.310. The van der Waals surface area contributed by atoms with Gasteiger partial charge in [-0.1, -0.05) is 6.07 Å². The van der Waals surface area contributed by atoms with Gasteiger partial charge in [0.25, 0.3) is 0 Å². The van der Waals surface area contributed by atoms with E-state index < -0.39 is 54.5 Å². The summed E-state index contributed by atoms with van der Waals surface area (Å²) in [6.45, 7) is 4.50. The number of hydrogen-bond acceptors (Lipinski definition) is 10. The molecule has 2 rings (SSSR count). The third-order valence-electron chi connectivity index (χ3n) is 4.36. The SMILES string of the molecule is COc1cccc(OC2OC(COC(C)=O)C(OC(C)=O)C(OC(C)=O)C2NC(C)=O)c1. The van der Waals surface area contributed by atoms with Gasteiger partial charge in [0.15, 0.2) is 12.2 Å². The molecule has 11 nitrogen and oxygen atoms in total. The number of carbonyl (C=O) groups excluding carboxylic acids is 4. The maximum Gasteiger partial charge on any atom is 0.303 e. The van der Waals surface area contributed by atoms with Gasteiger partial charge in [0.05, 0.1) is 7.11 Å². The summed E-state index contributed by atoms with van der Waals surface area (Å²) in [4.78, 5) is 46.8. The van der Waals surface area contributed by atoms with Crippen LogP contribution in [0.4, 0.5) is 0 Å². The molecule has 1 amide bonds. The first kappa shape index (κ1) is 24.9. The summed E-state index contributed by atoms with van der Waals surface area (Å²) >= 11 is 0. The number of benzene rings is 1. The zero-order valence-electron chi connectivity index (χ0n) is 18.5. The Morgan fingerprint density at radius 2 is 1.56 bits per heavy atom. The molecule has 1 fully saturated rings. The maximum atomic E-state index is 11.9. The van der Waals surface area contributed by atoms with Crippen LogP contribution in [-0.4, -0.2) is 68.2 Å². The number of hydrogen-bond donors (Lipinski definition) is 1. The van der Waals surface area contributed by atoms with E-state index in [9.17, 15) is 19.2 Å². The highest BCUT2D eigenvalue weighted by atomic mass is 16.7. The first-order valence-corrected chi connectivity index (χ1v) is 9.81. The summed E-state index contributed by atoms with van der Waals surface area (Å²) in [6.07, 6.45) is -4.61. The zero-order chi connectivity index (χ0) is 23.8. The molecular formula is C21H27NO10. The van der Waals surface area contributed by atoms with Crippen LogP contribution in [0.5, 0.6) is 11.5 Å². The van der Waals surface area contributed by atoms with Gasteiger partial charge in [0.1, 0.15) is 30.3 Å². The standard InChI is InChI=1S/C21H27NO10/c1-11(23)22-18-20(30-14(4)26)19(29-13(3)25)17(10-28-12(2)24)32-21(18)31-16-8-6-7-15(9-16)27-5/h6-9,17-21H,10H2,1-5H3,(H,22,23). The van der Waals surface area contributed by atoms with Gasteiger partial charge in [0, 0.05) is 33.8 Å². The van der Waals surface area contributed by atoms with E-state index in [1.54, 1.807) is 24.3 Å². The molecule has 0 aromatic heterocycles. The fourth-order valence-corrected chi connectivity index (χ4v) is 3.20. The van der Waals surface area contributed by atoms with Crippen LogP contribution >= 0.6 is 0 Å². The van der Waals surface area contributed by atoms with E-state index >= 15 is 0 Å². The molecule has 176 valence electrons. The van der Waals surface area contributed by atoms with Crippen LogP contribution in [0.25, 0.3) is 0 Å². The largest absolute Gasteiger partial charge is 0.497 e. The van der Waals surface area contributed by atoms with Gasteiger partial charge in [0.2, 0.25) is 12.2 Å². The van der Waals surface area contributed by atoms with Crippen molar-refractivity contribution >= 4 is 23.8 Å². The fourth-order valence-electron chi connectivity index (χ4n) is 3.20. The summed E-state index contributed by atoms with van der Waals surface area (Å²) in [5.74, 6) is -1.57. The third-order valence-corrected chi connectivity index (χ3v) is 4.36. The van der Waals surface area contributed by atoms with Gasteiger partial charge in [-0.2, -0.15) is 0 Å². The second-order valence-electron chi connectivity index (χ2n) is 7.02. The van der Waals surface area contributed by atoms with Crippen molar-refractivity contribution < 1.29 is 47.6 Å². The number of nitrogens with one attached hydrogen (secondary N) is 1. The molecule has 1 heterocycles. The Hall–Kier alpha value is -3.34.